The Morgan fingerprint density at radius 1 is 1.18 bits per heavy atom. The van der Waals surface area contributed by atoms with Crippen molar-refractivity contribution in [1.29, 1.82) is 5.26 Å². The van der Waals surface area contributed by atoms with Crippen LogP contribution in [0.5, 0.6) is 0 Å². The molecule has 0 amide bonds. The van der Waals surface area contributed by atoms with Gasteiger partial charge in [-0.15, -0.1) is 0 Å². The Kier molecular flexibility index (Phi) is 4.22. The molecule has 4 aromatic rings. The van der Waals surface area contributed by atoms with Crippen molar-refractivity contribution < 1.29 is 12.9 Å². The minimum absolute atomic E-state index is 0.0966. The fourth-order valence-electron chi connectivity index (χ4n) is 2.90. The van der Waals surface area contributed by atoms with E-state index in [-0.39, 0.29) is 26.8 Å². The van der Waals surface area contributed by atoms with Crippen LogP contribution in [-0.2, 0) is 10.0 Å². The van der Waals surface area contributed by atoms with E-state index in [0.29, 0.717) is 16.8 Å². The third-order valence-corrected chi connectivity index (χ3v) is 6.42. The Hall–Kier alpha value is -3.15. The summed E-state index contributed by atoms with van der Waals surface area (Å²) in [5, 5.41) is 13.6. The highest BCUT2D eigenvalue weighted by atomic mass is 35.5. The van der Waals surface area contributed by atoms with Gasteiger partial charge in [0.25, 0.3) is 10.0 Å². The number of hydrogen-bond donors (Lipinski definition) is 0. The number of pyridine rings is 1. The molecule has 0 saturated carbocycles. The van der Waals surface area contributed by atoms with Gasteiger partial charge in [0.1, 0.15) is 17.5 Å². The average Bonchev–Trinajstić information content (AvgIpc) is 3.26. The van der Waals surface area contributed by atoms with Crippen LogP contribution in [0.25, 0.3) is 22.4 Å². The summed E-state index contributed by atoms with van der Waals surface area (Å²) in [5.74, 6) is 0.524. The van der Waals surface area contributed by atoms with Crippen molar-refractivity contribution in [3.8, 4) is 17.5 Å². The average molecular weight is 413 g/mol. The molecule has 4 rings (SSSR count). The smallest absolute Gasteiger partial charge is 0.269 e. The molecule has 0 spiro atoms. The van der Waals surface area contributed by atoms with Crippen LogP contribution in [0.15, 0.2) is 52.0 Å². The lowest BCUT2D eigenvalue weighted by molar-refractivity contribution is 0.399. The van der Waals surface area contributed by atoms with Crippen molar-refractivity contribution in [2.24, 2.45) is 0 Å². The van der Waals surface area contributed by atoms with E-state index in [1.165, 1.54) is 18.3 Å². The number of aromatic nitrogens is 3. The van der Waals surface area contributed by atoms with Crippen LogP contribution >= 0.6 is 11.6 Å². The molecule has 0 bridgehead atoms. The maximum absolute atomic E-state index is 13.4. The number of halogens is 1. The quantitative estimate of drug-likeness (QED) is 0.502. The number of rotatable bonds is 3. The minimum Gasteiger partial charge on any atom is -0.361 e. The molecule has 0 fully saturated rings. The summed E-state index contributed by atoms with van der Waals surface area (Å²) in [7, 11) is -4.01. The van der Waals surface area contributed by atoms with Gasteiger partial charge in [0.05, 0.1) is 21.2 Å². The summed E-state index contributed by atoms with van der Waals surface area (Å²) in [6, 6.07) is 11.6. The van der Waals surface area contributed by atoms with E-state index in [2.05, 4.69) is 10.1 Å². The van der Waals surface area contributed by atoms with Gasteiger partial charge in [0.2, 0.25) is 0 Å². The molecule has 3 heterocycles. The second-order valence-electron chi connectivity index (χ2n) is 6.27. The Bertz CT molecular complexity index is 1360. The van der Waals surface area contributed by atoms with Crippen LogP contribution in [-0.4, -0.2) is 22.5 Å². The van der Waals surface area contributed by atoms with Gasteiger partial charge in [-0.25, -0.2) is 17.4 Å². The van der Waals surface area contributed by atoms with Gasteiger partial charge in [0.15, 0.2) is 5.65 Å². The van der Waals surface area contributed by atoms with Gasteiger partial charge in [0, 0.05) is 17.6 Å². The van der Waals surface area contributed by atoms with Crippen molar-refractivity contribution in [3.05, 3.63) is 64.5 Å². The molecule has 140 valence electrons. The first-order valence-corrected chi connectivity index (χ1v) is 10.0. The summed E-state index contributed by atoms with van der Waals surface area (Å²) in [5.41, 5.74) is 1.77. The van der Waals surface area contributed by atoms with Crippen molar-refractivity contribution in [2.75, 3.05) is 0 Å². The molecule has 0 saturated heterocycles. The summed E-state index contributed by atoms with van der Waals surface area (Å²) < 4.78 is 33.1. The monoisotopic (exact) mass is 412 g/mol. The van der Waals surface area contributed by atoms with E-state index in [4.69, 9.17) is 16.1 Å². The van der Waals surface area contributed by atoms with Gasteiger partial charge < -0.3 is 4.52 Å². The fraction of sp³-hybridized carbons (Fsp3) is 0.105. The van der Waals surface area contributed by atoms with Gasteiger partial charge in [-0.2, -0.15) is 5.26 Å². The number of benzene rings is 1. The van der Waals surface area contributed by atoms with Gasteiger partial charge in [-0.1, -0.05) is 34.5 Å². The van der Waals surface area contributed by atoms with Crippen LogP contribution in [0.4, 0.5) is 0 Å². The molecule has 0 aliphatic heterocycles. The van der Waals surface area contributed by atoms with Crippen molar-refractivity contribution in [3.63, 3.8) is 0 Å². The number of nitrogens with zero attached hydrogens (tertiary/aromatic N) is 4. The molecule has 0 aliphatic carbocycles. The molecule has 1 aromatic carbocycles. The largest absolute Gasteiger partial charge is 0.361 e. The highest BCUT2D eigenvalue weighted by Gasteiger charge is 2.27. The summed E-state index contributed by atoms with van der Waals surface area (Å²) in [6.45, 7) is 3.58. The van der Waals surface area contributed by atoms with Crippen LogP contribution in [0.3, 0.4) is 0 Å². The molecule has 28 heavy (non-hydrogen) atoms. The molecule has 7 nitrogen and oxygen atoms in total. The summed E-state index contributed by atoms with van der Waals surface area (Å²) in [4.78, 5) is 4.29. The van der Waals surface area contributed by atoms with E-state index < -0.39 is 10.0 Å². The van der Waals surface area contributed by atoms with E-state index in [9.17, 15) is 13.7 Å². The molecule has 0 N–H and O–H groups in total. The van der Waals surface area contributed by atoms with Crippen LogP contribution in [0, 0.1) is 25.2 Å². The Morgan fingerprint density at radius 2 is 1.89 bits per heavy atom. The molecule has 0 radical (unpaired) electrons. The molecule has 0 aliphatic rings. The highest BCUT2D eigenvalue weighted by molar-refractivity contribution is 7.90. The van der Waals surface area contributed by atoms with Crippen molar-refractivity contribution in [2.45, 2.75) is 18.7 Å². The van der Waals surface area contributed by atoms with Gasteiger partial charge in [-0.3, -0.25) is 0 Å². The lowest BCUT2D eigenvalue weighted by Crippen LogP contribution is -2.15. The second kappa shape index (κ2) is 6.48. The number of nitriles is 1. The van der Waals surface area contributed by atoms with E-state index in [1.807, 2.05) is 13.0 Å². The molecule has 0 unspecified atom stereocenters. The van der Waals surface area contributed by atoms with Gasteiger partial charge in [-0.05, 0) is 32.0 Å². The molecule has 9 heteroatoms. The zero-order chi connectivity index (χ0) is 20.1. The Balaban J connectivity index is 2.10. The summed E-state index contributed by atoms with van der Waals surface area (Å²) >= 11 is 6.32. The topological polar surface area (TPSA) is 102 Å². The number of aryl methyl sites for hydroxylation is 2. The van der Waals surface area contributed by atoms with Crippen LogP contribution in [0.1, 0.15) is 16.9 Å². The molecular formula is C19H13ClN4O3S. The Labute approximate surface area is 165 Å². The van der Waals surface area contributed by atoms with Crippen molar-refractivity contribution in [1.82, 2.24) is 14.1 Å². The van der Waals surface area contributed by atoms with Crippen molar-refractivity contribution >= 4 is 32.7 Å². The fourth-order valence-corrected chi connectivity index (χ4v) is 4.60. The predicted octanol–water partition coefficient (Wildman–Crippen LogP) is 4.07. The molecule has 0 atom stereocenters. The van der Waals surface area contributed by atoms with Crippen LogP contribution < -0.4 is 0 Å². The first-order valence-electron chi connectivity index (χ1n) is 8.19. The third-order valence-electron chi connectivity index (χ3n) is 4.29. The predicted molar refractivity (Wildman–Crippen MR) is 103 cm³/mol. The lowest BCUT2D eigenvalue weighted by Gasteiger charge is -2.10. The first-order chi connectivity index (χ1) is 13.3. The first kappa shape index (κ1) is 18.2. The SMILES string of the molecule is Cc1ccc(S(=O)(=O)n2c(-c3cc(C)on3)cc3c(Cl)c(C#N)cnc32)cc1. The maximum Gasteiger partial charge on any atom is 0.269 e. The molecule has 3 aromatic heterocycles. The normalized spacial score (nSPS) is 11.6. The number of hydrogen-bond acceptors (Lipinski definition) is 6. The standard InChI is InChI=1S/C19H13ClN4O3S/c1-11-3-5-14(6-4-11)28(25,26)24-17(16-7-12(2)27-23-16)8-15-18(20)13(9-21)10-22-19(15)24/h3-8,10H,1-2H3. The molecular weight excluding hydrogens is 400 g/mol. The van der Waals surface area contributed by atoms with Crippen LogP contribution in [0.2, 0.25) is 5.02 Å². The zero-order valence-corrected chi connectivity index (χ0v) is 16.4. The zero-order valence-electron chi connectivity index (χ0n) is 14.8. The highest BCUT2D eigenvalue weighted by Crippen LogP contribution is 2.35. The number of fused-ring (bicyclic) bond motifs is 1. The van der Waals surface area contributed by atoms with E-state index in [0.717, 1.165) is 9.54 Å². The second-order valence-corrected chi connectivity index (χ2v) is 8.43. The van der Waals surface area contributed by atoms with E-state index in [1.54, 1.807) is 31.2 Å². The van der Waals surface area contributed by atoms with E-state index >= 15 is 0 Å². The minimum atomic E-state index is -4.01. The maximum atomic E-state index is 13.4. The van der Waals surface area contributed by atoms with Gasteiger partial charge >= 0.3 is 0 Å². The third kappa shape index (κ3) is 2.76. The summed E-state index contributed by atoms with van der Waals surface area (Å²) in [6.07, 6.45) is 1.25. The Morgan fingerprint density at radius 3 is 2.50 bits per heavy atom. The lowest BCUT2D eigenvalue weighted by atomic mass is 10.2.